The molecule has 1 aliphatic rings. The molecule has 0 saturated carbocycles. The molecule has 0 spiro atoms. The van der Waals surface area contributed by atoms with Crippen molar-refractivity contribution in [2.45, 2.75) is 13.0 Å². The van der Waals surface area contributed by atoms with Crippen LogP contribution in [0.5, 0.6) is 0 Å². The van der Waals surface area contributed by atoms with Gasteiger partial charge >= 0.3 is 0 Å². The predicted octanol–water partition coefficient (Wildman–Crippen LogP) is 2.19. The summed E-state index contributed by atoms with van der Waals surface area (Å²) in [6.07, 6.45) is 1.04. The van der Waals surface area contributed by atoms with Gasteiger partial charge in [-0.15, -0.1) is 0 Å². The van der Waals surface area contributed by atoms with E-state index in [-0.39, 0.29) is 5.69 Å². The van der Waals surface area contributed by atoms with Gasteiger partial charge in [-0.05, 0) is 24.1 Å². The Bertz CT molecular complexity index is 444. The van der Waals surface area contributed by atoms with Crippen LogP contribution < -0.4 is 5.32 Å². The first-order valence-corrected chi connectivity index (χ1v) is 6.31. The topological polar surface area (TPSA) is 73.6 Å². The summed E-state index contributed by atoms with van der Waals surface area (Å²) in [5, 5.41) is 13.6. The van der Waals surface area contributed by atoms with Gasteiger partial charge in [-0.2, -0.15) is 0 Å². The van der Waals surface area contributed by atoms with Crippen molar-refractivity contribution in [3.8, 4) is 0 Å². The van der Waals surface area contributed by atoms with Crippen molar-refractivity contribution in [1.29, 1.82) is 0 Å². The zero-order valence-corrected chi connectivity index (χ0v) is 10.9. The van der Waals surface area contributed by atoms with Crippen molar-refractivity contribution in [2.75, 3.05) is 32.2 Å². The Labute approximate surface area is 111 Å². The van der Waals surface area contributed by atoms with Gasteiger partial charge in [0.25, 0.3) is 5.69 Å². The van der Waals surface area contributed by atoms with Gasteiger partial charge in [-0.25, -0.2) is 0 Å². The fourth-order valence-corrected chi connectivity index (χ4v) is 2.09. The normalized spacial score (nSPS) is 18.5. The third-order valence-electron chi connectivity index (χ3n) is 3.17. The average Bonchev–Trinajstić information content (AvgIpc) is 2.91. The van der Waals surface area contributed by atoms with Crippen LogP contribution >= 0.6 is 0 Å². The molecule has 6 nitrogen and oxygen atoms in total. The van der Waals surface area contributed by atoms with E-state index >= 15 is 0 Å². The number of ether oxygens (including phenoxy) is 2. The van der Waals surface area contributed by atoms with Gasteiger partial charge in [0.2, 0.25) is 0 Å². The molecule has 1 unspecified atom stereocenters. The van der Waals surface area contributed by atoms with Gasteiger partial charge in [0.1, 0.15) is 5.69 Å². The summed E-state index contributed by atoms with van der Waals surface area (Å²) in [6, 6.07) is 4.98. The first-order valence-electron chi connectivity index (χ1n) is 6.31. The molecule has 1 atom stereocenters. The highest BCUT2D eigenvalue weighted by atomic mass is 16.6. The maximum Gasteiger partial charge on any atom is 0.292 e. The van der Waals surface area contributed by atoms with Crippen LogP contribution in [0, 0.1) is 16.0 Å². The summed E-state index contributed by atoms with van der Waals surface area (Å²) in [6.45, 7) is 2.71. The second-order valence-electron chi connectivity index (χ2n) is 4.60. The predicted molar refractivity (Wildman–Crippen MR) is 71.2 cm³/mol. The number of nitro groups is 1. The number of rotatable bonds is 6. The van der Waals surface area contributed by atoms with Gasteiger partial charge in [-0.3, -0.25) is 10.1 Å². The van der Waals surface area contributed by atoms with Crippen LogP contribution in [0.15, 0.2) is 18.2 Å². The molecule has 1 aliphatic heterocycles. The van der Waals surface area contributed by atoms with Crippen LogP contribution in [-0.4, -0.2) is 31.8 Å². The summed E-state index contributed by atoms with van der Waals surface area (Å²) in [5.74, 6) is 0.474. The Morgan fingerprint density at radius 1 is 1.58 bits per heavy atom. The lowest BCUT2D eigenvalue weighted by Crippen LogP contribution is -2.09. The molecule has 0 aliphatic carbocycles. The largest absolute Gasteiger partial charge is 0.383 e. The Hall–Kier alpha value is -1.66. The zero-order valence-electron chi connectivity index (χ0n) is 10.9. The van der Waals surface area contributed by atoms with Crippen molar-refractivity contribution in [2.24, 2.45) is 5.92 Å². The molecular weight excluding hydrogens is 248 g/mol. The van der Waals surface area contributed by atoms with Gasteiger partial charge in [0.15, 0.2) is 0 Å². The highest BCUT2D eigenvalue weighted by molar-refractivity contribution is 5.62. The number of anilines is 1. The van der Waals surface area contributed by atoms with Gasteiger partial charge in [0, 0.05) is 25.6 Å². The van der Waals surface area contributed by atoms with Crippen molar-refractivity contribution in [1.82, 2.24) is 0 Å². The van der Waals surface area contributed by atoms with Gasteiger partial charge in [0.05, 0.1) is 24.7 Å². The first kappa shape index (κ1) is 13.8. The molecule has 104 valence electrons. The van der Waals surface area contributed by atoms with Crippen molar-refractivity contribution >= 4 is 11.4 Å². The van der Waals surface area contributed by atoms with Crippen molar-refractivity contribution in [3.05, 3.63) is 33.9 Å². The second-order valence-corrected chi connectivity index (χ2v) is 4.60. The lowest BCUT2D eigenvalue weighted by Gasteiger charge is -2.10. The van der Waals surface area contributed by atoms with Crippen LogP contribution in [0.4, 0.5) is 11.4 Å². The molecule has 6 heteroatoms. The second kappa shape index (κ2) is 6.49. The van der Waals surface area contributed by atoms with Gasteiger partial charge < -0.3 is 14.8 Å². The van der Waals surface area contributed by atoms with E-state index in [1.54, 1.807) is 19.2 Å². The summed E-state index contributed by atoms with van der Waals surface area (Å²) in [4.78, 5) is 10.4. The number of nitrogens with zero attached hydrogens (tertiary/aromatic N) is 1. The minimum Gasteiger partial charge on any atom is -0.383 e. The fraction of sp³-hybridized carbons (Fsp3) is 0.538. The molecule has 1 saturated heterocycles. The highest BCUT2D eigenvalue weighted by Crippen LogP contribution is 2.25. The van der Waals surface area contributed by atoms with Crippen LogP contribution in [0.2, 0.25) is 0 Å². The lowest BCUT2D eigenvalue weighted by molar-refractivity contribution is -0.384. The molecule has 0 radical (unpaired) electrons. The van der Waals surface area contributed by atoms with Crippen LogP contribution in [0.3, 0.4) is 0 Å². The minimum absolute atomic E-state index is 0.0791. The van der Waals surface area contributed by atoms with E-state index in [2.05, 4.69) is 5.32 Å². The maximum absolute atomic E-state index is 10.8. The van der Waals surface area contributed by atoms with E-state index in [0.717, 1.165) is 25.2 Å². The number of nitrogens with one attached hydrogen (secondary N) is 1. The maximum atomic E-state index is 10.8. The molecule has 2 rings (SSSR count). The van der Waals surface area contributed by atoms with E-state index < -0.39 is 4.92 Å². The van der Waals surface area contributed by atoms with E-state index in [1.165, 1.54) is 6.07 Å². The lowest BCUT2D eigenvalue weighted by atomic mass is 10.1. The number of hydrogen-bond acceptors (Lipinski definition) is 5. The molecular formula is C13H18N2O4. The van der Waals surface area contributed by atoms with Crippen molar-refractivity contribution in [3.63, 3.8) is 0 Å². The van der Waals surface area contributed by atoms with Crippen LogP contribution in [0.1, 0.15) is 12.0 Å². The van der Waals surface area contributed by atoms with E-state index in [4.69, 9.17) is 9.47 Å². The van der Waals surface area contributed by atoms with Crippen LogP contribution in [0.25, 0.3) is 0 Å². The molecule has 1 aromatic carbocycles. The summed E-state index contributed by atoms with van der Waals surface area (Å²) < 4.78 is 10.9. The summed E-state index contributed by atoms with van der Waals surface area (Å²) >= 11 is 0. The highest BCUT2D eigenvalue weighted by Gasteiger charge is 2.16. The molecule has 0 bridgehead atoms. The minimum atomic E-state index is -0.396. The SMILES string of the molecule is CNc1cc(COCC2CCOC2)ccc1[N+](=O)[O-]. The summed E-state index contributed by atoms with van der Waals surface area (Å²) in [5.41, 5.74) is 1.51. The molecule has 19 heavy (non-hydrogen) atoms. The molecule has 1 heterocycles. The van der Waals surface area contributed by atoms with E-state index in [9.17, 15) is 10.1 Å². The number of benzene rings is 1. The Morgan fingerprint density at radius 3 is 3.05 bits per heavy atom. The average molecular weight is 266 g/mol. The first-order chi connectivity index (χ1) is 9.20. The van der Waals surface area contributed by atoms with E-state index in [0.29, 0.717) is 24.8 Å². The fourth-order valence-electron chi connectivity index (χ4n) is 2.09. The molecule has 1 fully saturated rings. The molecule has 0 aromatic heterocycles. The van der Waals surface area contributed by atoms with Crippen molar-refractivity contribution < 1.29 is 14.4 Å². The Balaban J connectivity index is 1.91. The standard InChI is InChI=1S/C13H18N2O4/c1-14-12-6-10(2-3-13(12)15(16)17)7-19-9-11-4-5-18-8-11/h2-3,6,11,14H,4-5,7-9H2,1H3. The molecule has 1 aromatic rings. The number of nitro benzene ring substituents is 1. The zero-order chi connectivity index (χ0) is 13.7. The quantitative estimate of drug-likeness (QED) is 0.631. The Kier molecular flexibility index (Phi) is 4.70. The molecule has 1 N–H and O–H groups in total. The van der Waals surface area contributed by atoms with E-state index in [1.807, 2.05) is 0 Å². The third kappa shape index (κ3) is 3.65. The third-order valence-corrected chi connectivity index (χ3v) is 3.17. The molecule has 0 amide bonds. The van der Waals surface area contributed by atoms with Gasteiger partial charge in [-0.1, -0.05) is 0 Å². The summed E-state index contributed by atoms with van der Waals surface area (Å²) in [7, 11) is 1.67. The Morgan fingerprint density at radius 2 is 2.42 bits per heavy atom. The smallest absolute Gasteiger partial charge is 0.292 e. The monoisotopic (exact) mass is 266 g/mol. The number of hydrogen-bond donors (Lipinski definition) is 1. The van der Waals surface area contributed by atoms with Crippen LogP contribution in [-0.2, 0) is 16.1 Å².